The van der Waals surface area contributed by atoms with Gasteiger partial charge in [-0.05, 0) is 48.8 Å². The standard InChI is InChI=1S/C14H17BrN4O2/c1-14(2,3)16-9-10-6-7-18(17-10)13-8-11(19(20)21)4-5-12(13)15/h4-8,16H,9H2,1-3H3. The minimum Gasteiger partial charge on any atom is -0.306 e. The molecule has 112 valence electrons. The summed E-state index contributed by atoms with van der Waals surface area (Å²) in [6, 6.07) is 6.50. The van der Waals surface area contributed by atoms with Gasteiger partial charge in [0.15, 0.2) is 0 Å². The Labute approximate surface area is 131 Å². The van der Waals surface area contributed by atoms with Gasteiger partial charge in [-0.1, -0.05) is 0 Å². The number of hydrogen-bond acceptors (Lipinski definition) is 4. The first-order chi connectivity index (χ1) is 9.76. The number of nitro groups is 1. The second-order valence-corrected chi connectivity index (χ2v) is 6.60. The van der Waals surface area contributed by atoms with Crippen LogP contribution in [-0.2, 0) is 6.54 Å². The minimum absolute atomic E-state index is 0.00982. The normalized spacial score (nSPS) is 11.6. The lowest BCUT2D eigenvalue weighted by atomic mass is 10.1. The van der Waals surface area contributed by atoms with Crippen LogP contribution in [-0.4, -0.2) is 20.2 Å². The predicted molar refractivity (Wildman–Crippen MR) is 84.5 cm³/mol. The molecule has 0 spiro atoms. The third-order valence-electron chi connectivity index (χ3n) is 2.83. The summed E-state index contributed by atoms with van der Waals surface area (Å²) >= 11 is 3.40. The number of rotatable bonds is 4. The van der Waals surface area contributed by atoms with Crippen LogP contribution in [0.4, 0.5) is 5.69 Å². The SMILES string of the molecule is CC(C)(C)NCc1ccn(-c2cc([N+](=O)[O-])ccc2Br)n1. The first kappa shape index (κ1) is 15.7. The highest BCUT2D eigenvalue weighted by Crippen LogP contribution is 2.25. The first-order valence-electron chi connectivity index (χ1n) is 6.50. The number of hydrogen-bond donors (Lipinski definition) is 1. The predicted octanol–water partition coefficient (Wildman–Crippen LogP) is 3.43. The Morgan fingerprint density at radius 3 is 2.71 bits per heavy atom. The summed E-state index contributed by atoms with van der Waals surface area (Å²) in [6.07, 6.45) is 1.80. The molecule has 0 unspecified atom stereocenters. The number of halogens is 1. The number of nitro benzene ring substituents is 1. The summed E-state index contributed by atoms with van der Waals surface area (Å²) < 4.78 is 2.39. The molecule has 0 saturated heterocycles. The van der Waals surface area contributed by atoms with Gasteiger partial charge in [0.2, 0.25) is 0 Å². The fourth-order valence-corrected chi connectivity index (χ4v) is 2.16. The third-order valence-corrected chi connectivity index (χ3v) is 3.50. The number of non-ortho nitro benzene ring substituents is 1. The van der Waals surface area contributed by atoms with E-state index in [4.69, 9.17) is 0 Å². The van der Waals surface area contributed by atoms with Gasteiger partial charge >= 0.3 is 0 Å². The largest absolute Gasteiger partial charge is 0.306 e. The van der Waals surface area contributed by atoms with Gasteiger partial charge in [-0.25, -0.2) is 4.68 Å². The van der Waals surface area contributed by atoms with Crippen molar-refractivity contribution in [2.75, 3.05) is 0 Å². The Morgan fingerprint density at radius 1 is 1.38 bits per heavy atom. The van der Waals surface area contributed by atoms with Crippen molar-refractivity contribution in [1.82, 2.24) is 15.1 Å². The third kappa shape index (κ3) is 4.12. The van der Waals surface area contributed by atoms with Gasteiger partial charge in [0.05, 0.1) is 16.3 Å². The van der Waals surface area contributed by atoms with Gasteiger partial charge in [0.1, 0.15) is 0 Å². The molecule has 1 aromatic carbocycles. The molecular formula is C14H17BrN4O2. The Bertz CT molecular complexity index is 661. The molecule has 6 nitrogen and oxygen atoms in total. The van der Waals surface area contributed by atoms with E-state index in [1.54, 1.807) is 16.9 Å². The van der Waals surface area contributed by atoms with Gasteiger partial charge in [-0.15, -0.1) is 0 Å². The van der Waals surface area contributed by atoms with Gasteiger partial charge in [-0.3, -0.25) is 10.1 Å². The van der Waals surface area contributed by atoms with Crippen LogP contribution in [0.3, 0.4) is 0 Å². The summed E-state index contributed by atoms with van der Waals surface area (Å²) in [7, 11) is 0. The molecule has 2 rings (SSSR count). The first-order valence-corrected chi connectivity index (χ1v) is 7.29. The van der Waals surface area contributed by atoms with E-state index in [2.05, 4.69) is 47.1 Å². The van der Waals surface area contributed by atoms with E-state index in [1.807, 2.05) is 6.07 Å². The van der Waals surface area contributed by atoms with E-state index >= 15 is 0 Å². The van der Waals surface area contributed by atoms with Crippen LogP contribution in [0, 0.1) is 10.1 Å². The number of nitrogens with one attached hydrogen (secondary N) is 1. The van der Waals surface area contributed by atoms with Crippen molar-refractivity contribution >= 4 is 21.6 Å². The molecule has 0 aliphatic rings. The van der Waals surface area contributed by atoms with Gasteiger partial charge < -0.3 is 5.32 Å². The van der Waals surface area contributed by atoms with E-state index in [9.17, 15) is 10.1 Å². The van der Waals surface area contributed by atoms with Crippen LogP contribution >= 0.6 is 15.9 Å². The van der Waals surface area contributed by atoms with Crippen LogP contribution in [0.2, 0.25) is 0 Å². The average Bonchev–Trinajstić information content (AvgIpc) is 2.84. The van der Waals surface area contributed by atoms with Crippen molar-refractivity contribution in [2.24, 2.45) is 0 Å². The lowest BCUT2D eigenvalue weighted by Crippen LogP contribution is -2.35. The van der Waals surface area contributed by atoms with Crippen molar-refractivity contribution in [3.8, 4) is 5.69 Å². The summed E-state index contributed by atoms with van der Waals surface area (Å²) in [5.41, 5.74) is 1.57. The van der Waals surface area contributed by atoms with Crippen molar-refractivity contribution in [3.05, 3.63) is 50.7 Å². The van der Waals surface area contributed by atoms with Crippen molar-refractivity contribution in [1.29, 1.82) is 0 Å². The lowest BCUT2D eigenvalue weighted by Gasteiger charge is -2.19. The Balaban J connectivity index is 2.25. The molecule has 0 fully saturated rings. The molecular weight excluding hydrogens is 336 g/mol. The molecule has 21 heavy (non-hydrogen) atoms. The van der Waals surface area contributed by atoms with Gasteiger partial charge in [0, 0.05) is 34.9 Å². The maximum absolute atomic E-state index is 10.9. The van der Waals surface area contributed by atoms with E-state index in [1.165, 1.54) is 12.1 Å². The fourth-order valence-electron chi connectivity index (χ4n) is 1.74. The summed E-state index contributed by atoms with van der Waals surface area (Å²) in [5.74, 6) is 0. The average molecular weight is 353 g/mol. The number of benzene rings is 1. The van der Waals surface area contributed by atoms with Crippen LogP contribution in [0.25, 0.3) is 5.69 Å². The second-order valence-electron chi connectivity index (χ2n) is 5.75. The molecule has 0 atom stereocenters. The maximum Gasteiger partial charge on any atom is 0.271 e. The number of aromatic nitrogens is 2. The van der Waals surface area contributed by atoms with Crippen LogP contribution in [0.15, 0.2) is 34.9 Å². The molecule has 0 saturated carbocycles. The fraction of sp³-hybridized carbons (Fsp3) is 0.357. The zero-order chi connectivity index (χ0) is 15.6. The molecule has 0 radical (unpaired) electrons. The Kier molecular flexibility index (Phi) is 4.43. The summed E-state index contributed by atoms with van der Waals surface area (Å²) in [4.78, 5) is 10.4. The van der Waals surface area contributed by atoms with Crippen molar-refractivity contribution in [2.45, 2.75) is 32.9 Å². The van der Waals surface area contributed by atoms with Crippen molar-refractivity contribution in [3.63, 3.8) is 0 Å². The second kappa shape index (κ2) is 5.95. The highest BCUT2D eigenvalue weighted by molar-refractivity contribution is 9.10. The zero-order valence-electron chi connectivity index (χ0n) is 12.1. The number of nitrogens with zero attached hydrogens (tertiary/aromatic N) is 3. The van der Waals surface area contributed by atoms with E-state index in [0.717, 1.165) is 10.2 Å². The lowest BCUT2D eigenvalue weighted by molar-refractivity contribution is -0.384. The monoisotopic (exact) mass is 352 g/mol. The molecule has 0 amide bonds. The molecule has 1 heterocycles. The minimum atomic E-state index is -0.415. The van der Waals surface area contributed by atoms with E-state index in [0.29, 0.717) is 12.2 Å². The van der Waals surface area contributed by atoms with E-state index in [-0.39, 0.29) is 11.2 Å². The summed E-state index contributed by atoms with van der Waals surface area (Å²) in [5, 5.41) is 18.7. The Morgan fingerprint density at radius 2 is 2.10 bits per heavy atom. The van der Waals surface area contributed by atoms with Crippen molar-refractivity contribution < 1.29 is 4.92 Å². The van der Waals surface area contributed by atoms with Gasteiger partial charge in [-0.2, -0.15) is 5.10 Å². The molecule has 1 N–H and O–H groups in total. The smallest absolute Gasteiger partial charge is 0.271 e. The molecule has 0 aliphatic carbocycles. The molecule has 2 aromatic rings. The van der Waals surface area contributed by atoms with Crippen LogP contribution in [0.1, 0.15) is 26.5 Å². The quantitative estimate of drug-likeness (QED) is 0.675. The highest BCUT2D eigenvalue weighted by Gasteiger charge is 2.13. The zero-order valence-corrected chi connectivity index (χ0v) is 13.7. The van der Waals surface area contributed by atoms with Crippen LogP contribution in [0.5, 0.6) is 0 Å². The maximum atomic E-state index is 10.9. The topological polar surface area (TPSA) is 73.0 Å². The Hall–Kier alpha value is -1.73. The molecule has 0 aliphatic heterocycles. The van der Waals surface area contributed by atoms with Crippen LogP contribution < -0.4 is 5.32 Å². The van der Waals surface area contributed by atoms with Gasteiger partial charge in [0.25, 0.3) is 5.69 Å². The molecule has 0 bridgehead atoms. The van der Waals surface area contributed by atoms with E-state index < -0.39 is 4.92 Å². The molecule has 7 heteroatoms. The molecule has 1 aromatic heterocycles. The summed E-state index contributed by atoms with van der Waals surface area (Å²) in [6.45, 7) is 6.90. The highest BCUT2D eigenvalue weighted by atomic mass is 79.9.